The van der Waals surface area contributed by atoms with E-state index in [9.17, 15) is 5.11 Å². The van der Waals surface area contributed by atoms with Gasteiger partial charge in [0.05, 0.1) is 5.02 Å². The maximum atomic E-state index is 9.35. The highest BCUT2D eigenvalue weighted by Gasteiger charge is 2.05. The maximum Gasteiger partial charge on any atom is 0.134 e. The molecule has 0 aliphatic heterocycles. The molecule has 2 rings (SSSR count). The van der Waals surface area contributed by atoms with E-state index in [1.165, 1.54) is 5.56 Å². The Bertz CT molecular complexity index is 513. The molecule has 0 spiro atoms. The highest BCUT2D eigenvalue weighted by atomic mass is 35.5. The van der Waals surface area contributed by atoms with Gasteiger partial charge in [-0.15, -0.1) is 0 Å². The molecule has 0 saturated carbocycles. The van der Waals surface area contributed by atoms with Gasteiger partial charge >= 0.3 is 0 Å². The Hall–Kier alpha value is -1.51. The number of phenols is 1. The Morgan fingerprint density at radius 1 is 1.17 bits per heavy atom. The van der Waals surface area contributed by atoms with Gasteiger partial charge in [-0.1, -0.05) is 48.0 Å². The Labute approximate surface area is 112 Å². The summed E-state index contributed by atoms with van der Waals surface area (Å²) in [6.45, 7) is 2.84. The normalized spacial score (nSPS) is 12.3. The van der Waals surface area contributed by atoms with Crippen LogP contribution in [-0.2, 0) is 6.54 Å². The fourth-order valence-electron chi connectivity index (χ4n) is 1.79. The second kappa shape index (κ2) is 5.89. The summed E-state index contributed by atoms with van der Waals surface area (Å²) in [5.74, 6) is 0.122. The Morgan fingerprint density at radius 3 is 2.56 bits per heavy atom. The van der Waals surface area contributed by atoms with Crippen molar-refractivity contribution in [1.82, 2.24) is 5.32 Å². The van der Waals surface area contributed by atoms with Gasteiger partial charge in [-0.2, -0.15) is 0 Å². The summed E-state index contributed by atoms with van der Waals surface area (Å²) in [6.07, 6.45) is 0. The molecule has 2 nitrogen and oxygen atoms in total. The van der Waals surface area contributed by atoms with Gasteiger partial charge in [0.1, 0.15) is 5.75 Å². The van der Waals surface area contributed by atoms with E-state index < -0.39 is 0 Å². The molecule has 0 aromatic heterocycles. The average molecular weight is 262 g/mol. The van der Waals surface area contributed by atoms with Gasteiger partial charge in [-0.3, -0.25) is 0 Å². The van der Waals surface area contributed by atoms with E-state index in [0.29, 0.717) is 5.02 Å². The monoisotopic (exact) mass is 261 g/mol. The summed E-state index contributed by atoms with van der Waals surface area (Å²) < 4.78 is 0. The molecule has 2 aromatic rings. The smallest absolute Gasteiger partial charge is 0.134 e. The molecule has 0 bridgehead atoms. The summed E-state index contributed by atoms with van der Waals surface area (Å²) in [4.78, 5) is 0. The van der Waals surface area contributed by atoms with Gasteiger partial charge < -0.3 is 10.4 Å². The molecule has 2 aromatic carbocycles. The first-order chi connectivity index (χ1) is 8.66. The first kappa shape index (κ1) is 12.9. The second-order valence-corrected chi connectivity index (χ2v) is 4.71. The molecule has 0 radical (unpaired) electrons. The van der Waals surface area contributed by atoms with Crippen LogP contribution >= 0.6 is 11.6 Å². The van der Waals surface area contributed by atoms with E-state index in [-0.39, 0.29) is 11.8 Å². The van der Waals surface area contributed by atoms with Crippen LogP contribution in [0, 0.1) is 0 Å². The highest BCUT2D eigenvalue weighted by Crippen LogP contribution is 2.23. The van der Waals surface area contributed by atoms with Crippen molar-refractivity contribution in [2.24, 2.45) is 0 Å². The molecule has 3 heteroatoms. The van der Waals surface area contributed by atoms with E-state index >= 15 is 0 Å². The maximum absolute atomic E-state index is 9.35. The number of aromatic hydroxyl groups is 1. The molecule has 0 fully saturated rings. The zero-order valence-corrected chi connectivity index (χ0v) is 11.0. The molecule has 0 saturated heterocycles. The molecule has 94 valence electrons. The van der Waals surface area contributed by atoms with E-state index in [1.807, 2.05) is 24.3 Å². The molecule has 1 atom stereocenters. The van der Waals surface area contributed by atoms with Crippen LogP contribution in [0.2, 0.25) is 5.02 Å². The molecule has 2 N–H and O–H groups in total. The van der Waals surface area contributed by atoms with Crippen molar-refractivity contribution in [2.75, 3.05) is 0 Å². The molecular weight excluding hydrogens is 246 g/mol. The van der Waals surface area contributed by atoms with Crippen molar-refractivity contribution in [3.8, 4) is 5.75 Å². The topological polar surface area (TPSA) is 32.3 Å². The van der Waals surface area contributed by atoms with E-state index in [2.05, 4.69) is 24.4 Å². The molecule has 0 heterocycles. The van der Waals surface area contributed by atoms with Crippen molar-refractivity contribution in [2.45, 2.75) is 19.5 Å². The number of benzene rings is 2. The Kier molecular flexibility index (Phi) is 4.24. The molecule has 0 aliphatic rings. The lowest BCUT2D eigenvalue weighted by atomic mass is 10.1. The Morgan fingerprint density at radius 2 is 1.89 bits per heavy atom. The minimum absolute atomic E-state index is 0.122. The first-order valence-corrected chi connectivity index (χ1v) is 6.30. The third-order valence-corrected chi connectivity index (χ3v) is 3.23. The largest absolute Gasteiger partial charge is 0.506 e. The van der Waals surface area contributed by atoms with E-state index in [4.69, 9.17) is 11.6 Å². The fraction of sp³-hybridized carbons (Fsp3) is 0.200. The number of rotatable bonds is 4. The third kappa shape index (κ3) is 3.25. The Balaban J connectivity index is 1.97. The van der Waals surface area contributed by atoms with E-state index in [0.717, 1.165) is 12.1 Å². The molecule has 0 amide bonds. The number of hydrogen-bond acceptors (Lipinski definition) is 2. The minimum atomic E-state index is 0.122. The number of halogens is 1. The van der Waals surface area contributed by atoms with Gasteiger partial charge in [0.2, 0.25) is 0 Å². The van der Waals surface area contributed by atoms with Crippen LogP contribution in [0.1, 0.15) is 24.1 Å². The lowest BCUT2D eigenvalue weighted by Crippen LogP contribution is -2.17. The van der Waals surface area contributed by atoms with Crippen LogP contribution in [0.5, 0.6) is 5.75 Å². The summed E-state index contributed by atoms with van der Waals surface area (Å²) >= 11 is 5.87. The minimum Gasteiger partial charge on any atom is -0.506 e. The fourth-order valence-corrected chi connectivity index (χ4v) is 1.99. The molecule has 0 unspecified atom stereocenters. The number of hydrogen-bond donors (Lipinski definition) is 2. The van der Waals surface area contributed by atoms with Crippen molar-refractivity contribution >= 4 is 11.6 Å². The van der Waals surface area contributed by atoms with Crippen LogP contribution < -0.4 is 5.32 Å². The molecular formula is C15H16ClNO. The quantitative estimate of drug-likeness (QED) is 0.875. The van der Waals surface area contributed by atoms with Crippen LogP contribution in [0.3, 0.4) is 0 Å². The van der Waals surface area contributed by atoms with Crippen molar-refractivity contribution in [3.63, 3.8) is 0 Å². The van der Waals surface area contributed by atoms with Crippen LogP contribution in [0.25, 0.3) is 0 Å². The number of nitrogens with one attached hydrogen (secondary N) is 1. The molecule has 0 aliphatic carbocycles. The van der Waals surface area contributed by atoms with Crippen molar-refractivity contribution < 1.29 is 5.11 Å². The lowest BCUT2D eigenvalue weighted by Gasteiger charge is -2.14. The van der Waals surface area contributed by atoms with Gasteiger partial charge in [0.25, 0.3) is 0 Å². The second-order valence-electron chi connectivity index (χ2n) is 4.30. The predicted octanol–water partition coefficient (Wildman–Crippen LogP) is 3.90. The van der Waals surface area contributed by atoms with Crippen LogP contribution in [0.4, 0.5) is 0 Å². The average Bonchev–Trinajstić information content (AvgIpc) is 2.41. The first-order valence-electron chi connectivity index (χ1n) is 5.92. The van der Waals surface area contributed by atoms with E-state index in [1.54, 1.807) is 12.1 Å². The summed E-state index contributed by atoms with van der Waals surface area (Å²) in [7, 11) is 0. The van der Waals surface area contributed by atoms with Crippen molar-refractivity contribution in [1.29, 1.82) is 0 Å². The summed E-state index contributed by atoms with van der Waals surface area (Å²) in [6, 6.07) is 15.8. The summed E-state index contributed by atoms with van der Waals surface area (Å²) in [5.41, 5.74) is 2.31. The highest BCUT2D eigenvalue weighted by molar-refractivity contribution is 6.32. The van der Waals surface area contributed by atoms with Crippen LogP contribution in [-0.4, -0.2) is 5.11 Å². The number of phenolic OH excluding ortho intramolecular Hbond substituents is 1. The standard InChI is InChI=1S/C15H16ClNO/c1-11(13-5-3-2-4-6-13)17-10-12-7-8-15(18)14(16)9-12/h2-9,11,17-18H,10H2,1H3/t11-/m0/s1. The SMILES string of the molecule is C[C@H](NCc1ccc(O)c(Cl)c1)c1ccccc1. The van der Waals surface area contributed by atoms with Gasteiger partial charge in [-0.25, -0.2) is 0 Å². The van der Waals surface area contributed by atoms with Gasteiger partial charge in [0, 0.05) is 12.6 Å². The lowest BCUT2D eigenvalue weighted by molar-refractivity contribution is 0.475. The third-order valence-electron chi connectivity index (χ3n) is 2.92. The van der Waals surface area contributed by atoms with Gasteiger partial charge in [0.15, 0.2) is 0 Å². The zero-order chi connectivity index (χ0) is 13.0. The van der Waals surface area contributed by atoms with Gasteiger partial charge in [-0.05, 0) is 30.2 Å². The van der Waals surface area contributed by atoms with Crippen molar-refractivity contribution in [3.05, 3.63) is 64.7 Å². The summed E-state index contributed by atoms with van der Waals surface area (Å²) in [5, 5.41) is 13.2. The van der Waals surface area contributed by atoms with Crippen LogP contribution in [0.15, 0.2) is 48.5 Å². The predicted molar refractivity (Wildman–Crippen MR) is 74.8 cm³/mol. The zero-order valence-electron chi connectivity index (χ0n) is 10.2. The molecule has 18 heavy (non-hydrogen) atoms.